The number of carbonyl (C=O) groups excluding carboxylic acids is 1. The first-order valence-electron chi connectivity index (χ1n) is 6.15. The molecule has 1 aromatic carbocycles. The lowest BCUT2D eigenvalue weighted by Gasteiger charge is -2.14. The van der Waals surface area contributed by atoms with Gasteiger partial charge in [-0.2, -0.15) is 0 Å². The van der Waals surface area contributed by atoms with E-state index in [0.717, 1.165) is 12.1 Å². The van der Waals surface area contributed by atoms with Crippen molar-refractivity contribution in [2.75, 3.05) is 19.6 Å². The van der Waals surface area contributed by atoms with Crippen molar-refractivity contribution in [2.24, 2.45) is 5.92 Å². The molecule has 1 amide bonds. The fourth-order valence-electron chi connectivity index (χ4n) is 2.07. The van der Waals surface area contributed by atoms with Crippen LogP contribution in [-0.2, 0) is 11.2 Å². The Bertz CT molecular complexity index is 468. The maximum absolute atomic E-state index is 13.0. The molecule has 0 bridgehead atoms. The predicted molar refractivity (Wildman–Crippen MR) is 65.4 cm³/mol. The number of rotatable bonds is 4. The Morgan fingerprint density at radius 1 is 1.37 bits per heavy atom. The van der Waals surface area contributed by atoms with E-state index in [1.165, 1.54) is 6.07 Å². The third kappa shape index (κ3) is 3.71. The molecule has 0 aromatic heterocycles. The normalized spacial score (nSPS) is 22.5. The molecule has 1 aliphatic heterocycles. The minimum absolute atomic E-state index is 0.00564. The molecular weight excluding hydrogens is 254 g/mol. The monoisotopic (exact) mass is 270 g/mol. The first kappa shape index (κ1) is 13.9. The van der Waals surface area contributed by atoms with E-state index in [-0.39, 0.29) is 18.2 Å². The number of halogens is 2. The molecule has 4 nitrogen and oxygen atoms in total. The van der Waals surface area contributed by atoms with Crippen molar-refractivity contribution in [1.82, 2.24) is 10.6 Å². The summed E-state index contributed by atoms with van der Waals surface area (Å²) in [5.74, 6) is -2.16. The fourth-order valence-corrected chi connectivity index (χ4v) is 2.07. The highest BCUT2D eigenvalue weighted by Gasteiger charge is 2.24. The molecule has 2 rings (SSSR count). The average molecular weight is 270 g/mol. The van der Waals surface area contributed by atoms with E-state index < -0.39 is 17.7 Å². The van der Waals surface area contributed by atoms with Gasteiger partial charge in [0, 0.05) is 25.6 Å². The first-order valence-corrected chi connectivity index (χ1v) is 6.15. The van der Waals surface area contributed by atoms with Crippen LogP contribution >= 0.6 is 0 Å². The van der Waals surface area contributed by atoms with Crippen LogP contribution in [0.3, 0.4) is 0 Å². The summed E-state index contributed by atoms with van der Waals surface area (Å²) in [5, 5.41) is 15.3. The summed E-state index contributed by atoms with van der Waals surface area (Å²) < 4.78 is 25.7. The van der Waals surface area contributed by atoms with E-state index in [1.54, 1.807) is 0 Å². The second-order valence-corrected chi connectivity index (χ2v) is 4.71. The number of hydrogen-bond acceptors (Lipinski definition) is 3. The van der Waals surface area contributed by atoms with Gasteiger partial charge in [0.25, 0.3) is 0 Å². The topological polar surface area (TPSA) is 61.4 Å². The van der Waals surface area contributed by atoms with Crippen LogP contribution < -0.4 is 10.6 Å². The van der Waals surface area contributed by atoms with Crippen molar-refractivity contribution in [2.45, 2.75) is 12.5 Å². The van der Waals surface area contributed by atoms with Crippen molar-refractivity contribution < 1.29 is 18.7 Å². The molecule has 1 heterocycles. The van der Waals surface area contributed by atoms with Gasteiger partial charge in [-0.25, -0.2) is 8.78 Å². The van der Waals surface area contributed by atoms with E-state index in [9.17, 15) is 18.7 Å². The molecule has 19 heavy (non-hydrogen) atoms. The van der Waals surface area contributed by atoms with Crippen molar-refractivity contribution in [3.8, 4) is 0 Å². The second kappa shape index (κ2) is 6.08. The number of aliphatic hydroxyl groups is 1. The van der Waals surface area contributed by atoms with Crippen LogP contribution in [0.5, 0.6) is 0 Å². The zero-order valence-electron chi connectivity index (χ0n) is 10.3. The standard InChI is InChI=1S/C13H16F2N2O2/c14-10-2-1-8(3-11(10)15)4-13(19)17-6-9-5-16-7-12(9)18/h1-3,9,12,16,18H,4-7H2,(H,17,19). The lowest BCUT2D eigenvalue weighted by molar-refractivity contribution is -0.120. The molecule has 0 aliphatic carbocycles. The molecule has 2 atom stereocenters. The van der Waals surface area contributed by atoms with Gasteiger partial charge in [-0.15, -0.1) is 0 Å². The Kier molecular flexibility index (Phi) is 4.44. The van der Waals surface area contributed by atoms with Gasteiger partial charge in [0.2, 0.25) is 5.91 Å². The molecule has 3 N–H and O–H groups in total. The van der Waals surface area contributed by atoms with E-state index in [0.29, 0.717) is 25.2 Å². The SMILES string of the molecule is O=C(Cc1ccc(F)c(F)c1)NCC1CNCC1O. The molecule has 1 aromatic rings. The van der Waals surface area contributed by atoms with E-state index >= 15 is 0 Å². The number of nitrogens with one attached hydrogen (secondary N) is 2. The maximum atomic E-state index is 13.0. The van der Waals surface area contributed by atoms with Gasteiger partial charge in [0.1, 0.15) is 0 Å². The molecule has 104 valence electrons. The number of hydrogen-bond donors (Lipinski definition) is 3. The highest BCUT2D eigenvalue weighted by atomic mass is 19.2. The summed E-state index contributed by atoms with van der Waals surface area (Å²) in [5.41, 5.74) is 0.418. The maximum Gasteiger partial charge on any atom is 0.224 e. The van der Waals surface area contributed by atoms with Crippen LogP contribution in [0, 0.1) is 17.6 Å². The highest BCUT2D eigenvalue weighted by molar-refractivity contribution is 5.78. The number of β-amino-alcohol motifs (C(OH)–C–C–N with tert-alkyl or cyclic N) is 1. The zero-order chi connectivity index (χ0) is 13.8. The van der Waals surface area contributed by atoms with Crippen molar-refractivity contribution >= 4 is 5.91 Å². The molecule has 2 unspecified atom stereocenters. The van der Waals surface area contributed by atoms with Crippen LogP contribution in [-0.4, -0.2) is 36.8 Å². The van der Waals surface area contributed by atoms with Crippen molar-refractivity contribution in [3.05, 3.63) is 35.4 Å². The number of amides is 1. The highest BCUT2D eigenvalue weighted by Crippen LogP contribution is 2.10. The van der Waals surface area contributed by atoms with Crippen LogP contribution in [0.4, 0.5) is 8.78 Å². The van der Waals surface area contributed by atoms with E-state index in [4.69, 9.17) is 0 Å². The Morgan fingerprint density at radius 3 is 2.79 bits per heavy atom. The average Bonchev–Trinajstić information content (AvgIpc) is 2.77. The smallest absolute Gasteiger partial charge is 0.224 e. The Labute approximate surface area is 109 Å². The van der Waals surface area contributed by atoms with Gasteiger partial charge in [-0.3, -0.25) is 4.79 Å². The van der Waals surface area contributed by atoms with Crippen LogP contribution in [0.1, 0.15) is 5.56 Å². The zero-order valence-corrected chi connectivity index (χ0v) is 10.3. The van der Waals surface area contributed by atoms with Gasteiger partial charge in [0.05, 0.1) is 12.5 Å². The molecule has 1 fully saturated rings. The first-order chi connectivity index (χ1) is 9.06. The lowest BCUT2D eigenvalue weighted by atomic mass is 10.1. The summed E-state index contributed by atoms with van der Waals surface area (Å²) in [6, 6.07) is 3.40. The van der Waals surface area contributed by atoms with Crippen molar-refractivity contribution in [1.29, 1.82) is 0 Å². The summed E-state index contributed by atoms with van der Waals surface area (Å²) in [7, 11) is 0. The van der Waals surface area contributed by atoms with E-state index in [1.807, 2.05) is 0 Å². The molecule has 6 heteroatoms. The minimum Gasteiger partial charge on any atom is -0.391 e. The summed E-state index contributed by atoms with van der Waals surface area (Å²) >= 11 is 0. The molecule has 1 saturated heterocycles. The summed E-state index contributed by atoms with van der Waals surface area (Å²) in [6.45, 7) is 1.56. The Balaban J connectivity index is 1.82. The fraction of sp³-hybridized carbons (Fsp3) is 0.462. The van der Waals surface area contributed by atoms with Crippen LogP contribution in [0.25, 0.3) is 0 Å². The Morgan fingerprint density at radius 2 is 2.16 bits per heavy atom. The molecule has 0 spiro atoms. The number of carbonyl (C=O) groups is 1. The quantitative estimate of drug-likeness (QED) is 0.732. The van der Waals surface area contributed by atoms with Gasteiger partial charge in [-0.05, 0) is 17.7 Å². The second-order valence-electron chi connectivity index (χ2n) is 4.71. The molecule has 0 radical (unpaired) electrons. The third-order valence-electron chi connectivity index (χ3n) is 3.21. The number of benzene rings is 1. The molecular formula is C13H16F2N2O2. The number of aliphatic hydroxyl groups excluding tert-OH is 1. The van der Waals surface area contributed by atoms with Crippen LogP contribution in [0.15, 0.2) is 18.2 Å². The van der Waals surface area contributed by atoms with E-state index in [2.05, 4.69) is 10.6 Å². The molecule has 1 aliphatic rings. The summed E-state index contributed by atoms with van der Waals surface area (Å²) in [6.07, 6.45) is -0.462. The minimum atomic E-state index is -0.958. The van der Waals surface area contributed by atoms with Gasteiger partial charge < -0.3 is 15.7 Å². The third-order valence-corrected chi connectivity index (χ3v) is 3.21. The molecule has 0 saturated carbocycles. The van der Waals surface area contributed by atoms with Gasteiger partial charge in [-0.1, -0.05) is 6.07 Å². The predicted octanol–water partition coefficient (Wildman–Crippen LogP) is 0.204. The largest absolute Gasteiger partial charge is 0.391 e. The Hall–Kier alpha value is -1.53. The van der Waals surface area contributed by atoms with Crippen molar-refractivity contribution in [3.63, 3.8) is 0 Å². The van der Waals surface area contributed by atoms with Crippen LogP contribution in [0.2, 0.25) is 0 Å². The van der Waals surface area contributed by atoms with Gasteiger partial charge >= 0.3 is 0 Å². The van der Waals surface area contributed by atoms with Gasteiger partial charge in [0.15, 0.2) is 11.6 Å². The summed E-state index contributed by atoms with van der Waals surface area (Å²) in [4.78, 5) is 11.6. The lowest BCUT2D eigenvalue weighted by Crippen LogP contribution is -2.35.